The number of carbonyl (C=O) groups excluding carboxylic acids is 1. The van der Waals surface area contributed by atoms with Gasteiger partial charge >= 0.3 is 5.97 Å². The zero-order chi connectivity index (χ0) is 14.2. The molecular weight excluding hydrogens is 260 g/mol. The molecule has 0 aromatic carbocycles. The lowest BCUT2D eigenvalue weighted by Gasteiger charge is -2.11. The largest absolute Gasteiger partial charge is 0.481 e. The number of nitrogens with two attached hydrogens (primary N) is 1. The van der Waals surface area contributed by atoms with Crippen LogP contribution < -0.4 is 11.1 Å². The van der Waals surface area contributed by atoms with Crippen LogP contribution in [-0.2, 0) is 19.4 Å². The van der Waals surface area contributed by atoms with Crippen molar-refractivity contribution in [1.82, 2.24) is 5.32 Å². The summed E-state index contributed by atoms with van der Waals surface area (Å²) in [5.74, 6) is -1.40. The average molecular weight is 280 g/mol. The van der Waals surface area contributed by atoms with Crippen molar-refractivity contribution in [3.8, 4) is 0 Å². The van der Waals surface area contributed by atoms with Crippen LogP contribution in [0.25, 0.3) is 0 Å². The van der Waals surface area contributed by atoms with Gasteiger partial charge in [-0.2, -0.15) is 0 Å². The normalized spacial score (nSPS) is 13.0. The van der Waals surface area contributed by atoms with E-state index < -0.39 is 27.8 Å². The standard InChI is InChI=1S/C10H20N2O5S/c1-18(16,17)7-5-8(11)10(15)12-6-3-2-4-9(13)14/h8H,2-7,11H2,1H3,(H,12,15)(H,13,14). The Labute approximate surface area is 107 Å². The van der Waals surface area contributed by atoms with Crippen LogP contribution in [0.2, 0.25) is 0 Å². The lowest BCUT2D eigenvalue weighted by atomic mass is 10.2. The minimum atomic E-state index is -3.12. The fraction of sp³-hybridized carbons (Fsp3) is 0.800. The van der Waals surface area contributed by atoms with Crippen LogP contribution in [-0.4, -0.2) is 50.0 Å². The highest BCUT2D eigenvalue weighted by molar-refractivity contribution is 7.90. The fourth-order valence-electron chi connectivity index (χ4n) is 1.22. The predicted molar refractivity (Wildman–Crippen MR) is 66.8 cm³/mol. The number of sulfone groups is 1. The van der Waals surface area contributed by atoms with Gasteiger partial charge in [-0.15, -0.1) is 0 Å². The summed E-state index contributed by atoms with van der Waals surface area (Å²) in [7, 11) is -3.12. The quantitative estimate of drug-likeness (QED) is 0.471. The highest BCUT2D eigenvalue weighted by atomic mass is 32.2. The second-order valence-corrected chi connectivity index (χ2v) is 6.43. The summed E-state index contributed by atoms with van der Waals surface area (Å²) in [6.45, 7) is 0.346. The molecule has 0 aliphatic carbocycles. The molecule has 7 nitrogen and oxygen atoms in total. The molecule has 0 saturated heterocycles. The number of unbranched alkanes of at least 4 members (excludes halogenated alkanes) is 1. The molecule has 0 aromatic rings. The Balaban J connectivity index is 3.72. The van der Waals surface area contributed by atoms with Crippen molar-refractivity contribution in [1.29, 1.82) is 0 Å². The average Bonchev–Trinajstić information content (AvgIpc) is 2.23. The van der Waals surface area contributed by atoms with E-state index in [9.17, 15) is 18.0 Å². The summed E-state index contributed by atoms with van der Waals surface area (Å²) in [6.07, 6.45) is 2.27. The van der Waals surface area contributed by atoms with Crippen LogP contribution in [0.1, 0.15) is 25.7 Å². The van der Waals surface area contributed by atoms with Crippen LogP contribution in [0.4, 0.5) is 0 Å². The molecule has 0 saturated carbocycles. The first-order valence-electron chi connectivity index (χ1n) is 5.65. The SMILES string of the molecule is CS(=O)(=O)CCC(N)C(=O)NCCCCC(=O)O. The molecule has 0 fully saturated rings. The molecule has 0 spiro atoms. The number of rotatable bonds is 9. The highest BCUT2D eigenvalue weighted by Gasteiger charge is 2.15. The zero-order valence-electron chi connectivity index (χ0n) is 10.4. The summed E-state index contributed by atoms with van der Waals surface area (Å²) in [6, 6.07) is -0.848. The summed E-state index contributed by atoms with van der Waals surface area (Å²) < 4.78 is 21.8. The summed E-state index contributed by atoms with van der Waals surface area (Å²) in [5, 5.41) is 10.9. The topological polar surface area (TPSA) is 127 Å². The first kappa shape index (κ1) is 16.9. The van der Waals surface area contributed by atoms with Gasteiger partial charge in [-0.1, -0.05) is 0 Å². The molecule has 106 valence electrons. The Morgan fingerprint density at radius 3 is 2.44 bits per heavy atom. The third kappa shape index (κ3) is 10.0. The molecule has 1 amide bonds. The Morgan fingerprint density at radius 1 is 1.33 bits per heavy atom. The van der Waals surface area contributed by atoms with Gasteiger partial charge in [-0.3, -0.25) is 9.59 Å². The molecule has 1 atom stereocenters. The van der Waals surface area contributed by atoms with Crippen molar-refractivity contribution in [3.05, 3.63) is 0 Å². The third-order valence-electron chi connectivity index (χ3n) is 2.25. The molecule has 4 N–H and O–H groups in total. The second-order valence-electron chi connectivity index (χ2n) is 4.17. The van der Waals surface area contributed by atoms with E-state index in [-0.39, 0.29) is 18.6 Å². The van der Waals surface area contributed by atoms with Crippen LogP contribution >= 0.6 is 0 Å². The maximum absolute atomic E-state index is 11.4. The lowest BCUT2D eigenvalue weighted by molar-refractivity contribution is -0.137. The van der Waals surface area contributed by atoms with Gasteiger partial charge in [-0.25, -0.2) is 8.42 Å². The van der Waals surface area contributed by atoms with E-state index in [0.29, 0.717) is 19.4 Å². The number of aliphatic carboxylic acids is 1. The Hall–Kier alpha value is -1.15. The van der Waals surface area contributed by atoms with E-state index in [4.69, 9.17) is 10.8 Å². The number of hydrogen-bond donors (Lipinski definition) is 3. The van der Waals surface area contributed by atoms with Crippen LogP contribution in [0.5, 0.6) is 0 Å². The summed E-state index contributed by atoms with van der Waals surface area (Å²) >= 11 is 0. The van der Waals surface area contributed by atoms with Gasteiger partial charge in [0.25, 0.3) is 0 Å². The van der Waals surface area contributed by atoms with Gasteiger partial charge in [0.2, 0.25) is 5.91 Å². The van der Waals surface area contributed by atoms with Crippen molar-refractivity contribution in [3.63, 3.8) is 0 Å². The van der Waals surface area contributed by atoms with E-state index >= 15 is 0 Å². The Bertz CT molecular complexity index is 380. The van der Waals surface area contributed by atoms with Crippen molar-refractivity contribution in [2.75, 3.05) is 18.6 Å². The number of amides is 1. The molecule has 0 bridgehead atoms. The molecular formula is C10H20N2O5S. The molecule has 0 aromatic heterocycles. The molecule has 0 rings (SSSR count). The van der Waals surface area contributed by atoms with E-state index in [2.05, 4.69) is 5.32 Å². The number of carboxylic acid groups (broad SMARTS) is 1. The van der Waals surface area contributed by atoms with E-state index in [1.54, 1.807) is 0 Å². The number of hydrogen-bond acceptors (Lipinski definition) is 5. The van der Waals surface area contributed by atoms with Gasteiger partial charge in [0.15, 0.2) is 0 Å². The third-order valence-corrected chi connectivity index (χ3v) is 3.23. The van der Waals surface area contributed by atoms with Crippen LogP contribution in [0, 0.1) is 0 Å². The first-order valence-corrected chi connectivity index (χ1v) is 7.71. The van der Waals surface area contributed by atoms with Gasteiger partial charge in [0.1, 0.15) is 9.84 Å². The monoisotopic (exact) mass is 280 g/mol. The highest BCUT2D eigenvalue weighted by Crippen LogP contribution is 1.96. The summed E-state index contributed by atoms with van der Waals surface area (Å²) in [4.78, 5) is 21.6. The fourth-order valence-corrected chi connectivity index (χ4v) is 1.90. The first-order chi connectivity index (χ1) is 8.22. The van der Waals surface area contributed by atoms with E-state index in [1.807, 2.05) is 0 Å². The Morgan fingerprint density at radius 2 is 1.94 bits per heavy atom. The molecule has 1 unspecified atom stereocenters. The van der Waals surface area contributed by atoms with Gasteiger partial charge in [0, 0.05) is 19.2 Å². The molecule has 0 radical (unpaired) electrons. The molecule has 0 heterocycles. The lowest BCUT2D eigenvalue weighted by Crippen LogP contribution is -2.41. The van der Waals surface area contributed by atoms with E-state index in [0.717, 1.165) is 6.26 Å². The minimum absolute atomic E-state index is 0.0655. The van der Waals surface area contributed by atoms with Crippen LogP contribution in [0.3, 0.4) is 0 Å². The van der Waals surface area contributed by atoms with Gasteiger partial charge < -0.3 is 16.2 Å². The molecule has 0 aliphatic rings. The van der Waals surface area contributed by atoms with Gasteiger partial charge in [0.05, 0.1) is 11.8 Å². The van der Waals surface area contributed by atoms with Crippen molar-refractivity contribution < 1.29 is 23.1 Å². The number of nitrogens with one attached hydrogen (secondary N) is 1. The van der Waals surface area contributed by atoms with Crippen molar-refractivity contribution >= 4 is 21.7 Å². The number of carbonyl (C=O) groups is 2. The minimum Gasteiger partial charge on any atom is -0.481 e. The maximum atomic E-state index is 11.4. The summed E-state index contributed by atoms with van der Waals surface area (Å²) in [5.41, 5.74) is 5.52. The molecule has 18 heavy (non-hydrogen) atoms. The second kappa shape index (κ2) is 8.04. The maximum Gasteiger partial charge on any atom is 0.303 e. The zero-order valence-corrected chi connectivity index (χ0v) is 11.2. The van der Waals surface area contributed by atoms with Gasteiger partial charge in [-0.05, 0) is 19.3 Å². The predicted octanol–water partition coefficient (Wildman–Crippen LogP) is -0.880. The molecule has 0 aliphatic heterocycles. The van der Waals surface area contributed by atoms with Crippen LogP contribution in [0.15, 0.2) is 0 Å². The van der Waals surface area contributed by atoms with Crippen molar-refractivity contribution in [2.24, 2.45) is 5.73 Å². The smallest absolute Gasteiger partial charge is 0.303 e. The Kier molecular flexibility index (Phi) is 7.53. The van der Waals surface area contributed by atoms with E-state index in [1.165, 1.54) is 0 Å². The van der Waals surface area contributed by atoms with Crippen molar-refractivity contribution in [2.45, 2.75) is 31.7 Å². The number of carboxylic acids is 1. The molecule has 8 heteroatoms.